The predicted molar refractivity (Wildman–Crippen MR) is 285 cm³/mol. The number of carbonyl (C=O) groups is 1. The minimum Gasteiger partial charge on any atom is -0.497 e. The van der Waals surface area contributed by atoms with Gasteiger partial charge in [0.25, 0.3) is 5.56 Å². The Balaban J connectivity index is 0.921. The summed E-state index contributed by atoms with van der Waals surface area (Å²) in [6.07, 6.45) is -1.64. The average Bonchev–Trinajstić information content (AvgIpc) is 4.26. The van der Waals surface area contributed by atoms with Gasteiger partial charge in [0.05, 0.1) is 45.9 Å². The summed E-state index contributed by atoms with van der Waals surface area (Å²) in [7, 11) is 3.22. The lowest BCUT2D eigenvalue weighted by atomic mass is 9.80. The van der Waals surface area contributed by atoms with Gasteiger partial charge in [0, 0.05) is 23.9 Å². The van der Waals surface area contributed by atoms with Gasteiger partial charge in [-0.3, -0.25) is 13.9 Å². The quantitative estimate of drug-likeness (QED) is 0.0429. The van der Waals surface area contributed by atoms with Crippen molar-refractivity contribution >= 4 is 34.7 Å². The summed E-state index contributed by atoms with van der Waals surface area (Å²) in [6.45, 7) is 1.46. The van der Waals surface area contributed by atoms with Gasteiger partial charge in [0.15, 0.2) is 17.7 Å². The fraction of sp³-hybridized carbons (Fsp3) is 0.298. The SMILES string of the molecule is COc1ccc(C(OC[C@H]2O[C@@H](n3cnc4c(N)ncnc43)[C@H](O)[C@@H]2OCCSC2OC(n3cc(C)c(=O)n(COCc4ccccc4)c3=O)CC2OC(=O)c2ccccc2)(c2ccccc2)c2ccc(OC)cc2)cc1. The summed E-state index contributed by atoms with van der Waals surface area (Å²) in [5.74, 6) is 1.18. The molecule has 2 saturated heterocycles. The normalized spacial score (nSPS) is 20.3. The van der Waals surface area contributed by atoms with Crippen LogP contribution in [0.2, 0.25) is 0 Å². The van der Waals surface area contributed by atoms with Gasteiger partial charge < -0.3 is 48.7 Å². The number of anilines is 1. The number of fused-ring (bicyclic) bond motifs is 1. The number of nitrogen functional groups attached to an aromatic ring is 1. The van der Waals surface area contributed by atoms with E-state index in [0.717, 1.165) is 26.8 Å². The number of ether oxygens (including phenoxy) is 8. The first-order valence-electron chi connectivity index (χ1n) is 24.9. The van der Waals surface area contributed by atoms with Crippen LogP contribution in [-0.2, 0) is 47.4 Å². The van der Waals surface area contributed by atoms with Crippen LogP contribution in [0.15, 0.2) is 168 Å². The number of aromatic nitrogens is 6. The molecular formula is C57H57N7O12S. The molecule has 5 heterocycles. The van der Waals surface area contributed by atoms with E-state index in [0.29, 0.717) is 33.8 Å². The van der Waals surface area contributed by atoms with E-state index in [9.17, 15) is 19.5 Å². The molecule has 2 aliphatic heterocycles. The second-order valence-electron chi connectivity index (χ2n) is 18.4. The molecule has 3 aromatic heterocycles. The van der Waals surface area contributed by atoms with E-state index in [-0.39, 0.29) is 44.5 Å². The Labute approximate surface area is 447 Å². The monoisotopic (exact) mass is 1060 g/mol. The molecule has 19 nitrogen and oxygen atoms in total. The number of thioether (sulfide) groups is 1. The van der Waals surface area contributed by atoms with Crippen molar-refractivity contribution in [1.29, 1.82) is 0 Å². The molecule has 0 amide bonds. The second kappa shape index (κ2) is 23.7. The molecule has 10 rings (SSSR count). The Morgan fingerprint density at radius 1 is 0.805 bits per heavy atom. The third kappa shape index (κ3) is 11.1. The van der Waals surface area contributed by atoms with E-state index in [4.69, 9.17) is 43.6 Å². The number of benzene rings is 5. The summed E-state index contributed by atoms with van der Waals surface area (Å²) < 4.78 is 54.3. The molecule has 0 bridgehead atoms. The Hall–Kier alpha value is -7.69. The number of methoxy groups -OCH3 is 2. The van der Waals surface area contributed by atoms with E-state index >= 15 is 0 Å². The molecule has 0 spiro atoms. The maximum atomic E-state index is 14.1. The van der Waals surface area contributed by atoms with Crippen molar-refractivity contribution in [2.45, 2.75) is 74.6 Å². The summed E-state index contributed by atoms with van der Waals surface area (Å²) in [4.78, 5) is 53.9. The Kier molecular flexibility index (Phi) is 16.2. The maximum Gasteiger partial charge on any atom is 0.338 e. The van der Waals surface area contributed by atoms with Gasteiger partial charge in [0.1, 0.15) is 71.8 Å². The number of carbonyl (C=O) groups excluding carboxylic acids is 1. The van der Waals surface area contributed by atoms with Crippen LogP contribution in [0.4, 0.5) is 5.82 Å². The molecule has 398 valence electrons. The predicted octanol–water partition coefficient (Wildman–Crippen LogP) is 6.79. The van der Waals surface area contributed by atoms with Crippen LogP contribution in [0.1, 0.15) is 57.1 Å². The summed E-state index contributed by atoms with van der Waals surface area (Å²) >= 11 is 1.31. The summed E-state index contributed by atoms with van der Waals surface area (Å²) in [5.41, 5.74) is 7.61. The third-order valence-electron chi connectivity index (χ3n) is 13.6. The fourth-order valence-corrected chi connectivity index (χ4v) is 10.7. The molecule has 2 fully saturated rings. The maximum absolute atomic E-state index is 14.1. The first kappa shape index (κ1) is 52.7. The first-order chi connectivity index (χ1) is 37.6. The number of aryl methyl sites for hydroxylation is 1. The van der Waals surface area contributed by atoms with Gasteiger partial charge >= 0.3 is 11.7 Å². The molecular weight excluding hydrogens is 1010 g/mol. The molecule has 20 heteroatoms. The average molecular weight is 1060 g/mol. The number of hydrogen-bond acceptors (Lipinski definition) is 17. The van der Waals surface area contributed by atoms with E-state index in [1.54, 1.807) is 56.0 Å². The number of hydrogen-bond donors (Lipinski definition) is 2. The Bertz CT molecular complexity index is 3340. The fourth-order valence-electron chi connectivity index (χ4n) is 9.70. The van der Waals surface area contributed by atoms with Crippen molar-refractivity contribution in [3.8, 4) is 11.5 Å². The minimum atomic E-state index is -1.29. The number of imidazole rings is 1. The van der Waals surface area contributed by atoms with E-state index in [2.05, 4.69) is 15.0 Å². The van der Waals surface area contributed by atoms with Crippen molar-refractivity contribution < 1.29 is 47.8 Å². The molecule has 0 aliphatic carbocycles. The lowest BCUT2D eigenvalue weighted by Gasteiger charge is -2.37. The highest BCUT2D eigenvalue weighted by Crippen LogP contribution is 2.44. The number of esters is 1. The molecule has 3 N–H and O–H groups in total. The number of nitrogens with two attached hydrogens (primary N) is 1. The van der Waals surface area contributed by atoms with Gasteiger partial charge in [0.2, 0.25) is 0 Å². The third-order valence-corrected chi connectivity index (χ3v) is 14.7. The Morgan fingerprint density at radius 3 is 2.10 bits per heavy atom. The van der Waals surface area contributed by atoms with Crippen molar-refractivity contribution in [3.63, 3.8) is 0 Å². The second-order valence-corrected chi connectivity index (χ2v) is 19.6. The zero-order chi connectivity index (χ0) is 53.5. The van der Waals surface area contributed by atoms with E-state index in [1.165, 1.54) is 35.2 Å². The highest BCUT2D eigenvalue weighted by Gasteiger charge is 2.49. The van der Waals surface area contributed by atoms with Crippen LogP contribution < -0.4 is 26.5 Å². The van der Waals surface area contributed by atoms with Gasteiger partial charge in [-0.25, -0.2) is 29.1 Å². The van der Waals surface area contributed by atoms with Gasteiger partial charge in [-0.2, -0.15) is 0 Å². The van der Waals surface area contributed by atoms with Crippen molar-refractivity contribution in [2.75, 3.05) is 38.9 Å². The lowest BCUT2D eigenvalue weighted by molar-refractivity contribution is -0.102. The van der Waals surface area contributed by atoms with E-state index < -0.39 is 65.1 Å². The molecule has 8 aromatic rings. The zero-order valence-electron chi connectivity index (χ0n) is 42.4. The minimum absolute atomic E-state index is 0.0477. The van der Waals surface area contributed by atoms with Crippen LogP contribution >= 0.6 is 11.8 Å². The van der Waals surface area contributed by atoms with Crippen LogP contribution in [0.25, 0.3) is 11.2 Å². The van der Waals surface area contributed by atoms with Crippen LogP contribution in [0, 0.1) is 6.92 Å². The van der Waals surface area contributed by atoms with Crippen LogP contribution in [0.5, 0.6) is 11.5 Å². The van der Waals surface area contributed by atoms with Crippen molar-refractivity contribution in [3.05, 3.63) is 213 Å². The van der Waals surface area contributed by atoms with Gasteiger partial charge in [-0.15, -0.1) is 11.8 Å². The smallest absolute Gasteiger partial charge is 0.338 e. The molecule has 7 atom stereocenters. The highest BCUT2D eigenvalue weighted by molar-refractivity contribution is 7.99. The van der Waals surface area contributed by atoms with Gasteiger partial charge in [-0.05, 0) is 65.6 Å². The molecule has 0 saturated carbocycles. The number of rotatable bonds is 21. The van der Waals surface area contributed by atoms with E-state index in [1.807, 2.05) is 109 Å². The summed E-state index contributed by atoms with van der Waals surface area (Å²) in [5, 5.41) is 12.3. The largest absolute Gasteiger partial charge is 0.497 e. The van der Waals surface area contributed by atoms with Gasteiger partial charge in [-0.1, -0.05) is 103 Å². The van der Waals surface area contributed by atoms with Crippen molar-refractivity contribution in [1.82, 2.24) is 28.7 Å². The molecule has 3 unspecified atom stereocenters. The summed E-state index contributed by atoms with van der Waals surface area (Å²) in [6, 6.07) is 43.1. The van der Waals surface area contributed by atoms with Crippen molar-refractivity contribution in [2.24, 2.45) is 0 Å². The molecule has 77 heavy (non-hydrogen) atoms. The molecule has 5 aromatic carbocycles. The number of aliphatic hydroxyl groups is 1. The van der Waals surface area contributed by atoms with Crippen LogP contribution in [0.3, 0.4) is 0 Å². The standard InChI is InChI=1S/C57H57N7O12S/c1-36-30-62(56(68)64(52(36)66)35-71-31-37-13-7-4-8-14-37)46-29-44(75-54(67)38-15-9-5-10-16-38)55(76-46)77-28-27-72-49-45(74-53(48(49)65)63-34-61-47-50(58)59-33-60-51(47)63)32-73-57(39-17-11-6-12-18-39,40-19-23-42(69-2)24-20-40)41-21-25-43(70-3)26-22-41/h4-26,30,33-34,44-46,48-49,53,55,65H,27-29,31-32,35H2,1-3H3,(H2,58,59,60)/t44?,45-,46?,48-,49-,53-,55?/m1/s1. The molecule has 2 aliphatic rings. The lowest BCUT2D eigenvalue weighted by Crippen LogP contribution is -2.42. The van der Waals surface area contributed by atoms with Crippen LogP contribution in [-0.4, -0.2) is 103 Å². The number of aliphatic hydroxyl groups excluding tert-OH is 1. The Morgan fingerprint density at radius 2 is 1.44 bits per heavy atom. The molecule has 0 radical (unpaired) electrons. The zero-order valence-corrected chi connectivity index (χ0v) is 43.2. The first-order valence-corrected chi connectivity index (χ1v) is 25.9. The topological polar surface area (TPSA) is 225 Å². The number of nitrogens with zero attached hydrogens (tertiary/aromatic N) is 6. The highest BCUT2D eigenvalue weighted by atomic mass is 32.2.